The van der Waals surface area contributed by atoms with E-state index < -0.39 is 0 Å². The molecule has 110 valence electrons. The van der Waals surface area contributed by atoms with Gasteiger partial charge in [-0.2, -0.15) is 5.10 Å². The van der Waals surface area contributed by atoms with Gasteiger partial charge in [0.2, 0.25) is 0 Å². The highest BCUT2D eigenvalue weighted by atomic mass is 16.1. The van der Waals surface area contributed by atoms with Crippen molar-refractivity contribution >= 4 is 11.7 Å². The van der Waals surface area contributed by atoms with Crippen molar-refractivity contribution in [2.24, 2.45) is 0 Å². The summed E-state index contributed by atoms with van der Waals surface area (Å²) in [5.74, 6) is 0.970. The van der Waals surface area contributed by atoms with Gasteiger partial charge in [-0.05, 0) is 31.9 Å². The highest BCUT2D eigenvalue weighted by Crippen LogP contribution is 2.18. The zero-order valence-electron chi connectivity index (χ0n) is 12.0. The van der Waals surface area contributed by atoms with Crippen LogP contribution < -0.4 is 10.2 Å². The van der Waals surface area contributed by atoms with Gasteiger partial charge in [-0.15, -0.1) is 0 Å². The molecule has 0 unspecified atom stereocenters. The zero-order valence-corrected chi connectivity index (χ0v) is 12.0. The number of rotatable bonds is 3. The number of carbonyl (C=O) groups is 1. The van der Waals surface area contributed by atoms with E-state index in [2.05, 4.69) is 31.5 Å². The van der Waals surface area contributed by atoms with Crippen LogP contribution in [0.3, 0.4) is 0 Å². The Morgan fingerprint density at radius 2 is 2.05 bits per heavy atom. The van der Waals surface area contributed by atoms with Crippen molar-refractivity contribution in [3.63, 3.8) is 0 Å². The van der Waals surface area contributed by atoms with E-state index in [0.717, 1.165) is 37.4 Å². The Balaban J connectivity index is 1.53. The van der Waals surface area contributed by atoms with Crippen molar-refractivity contribution in [3.05, 3.63) is 41.9 Å². The summed E-state index contributed by atoms with van der Waals surface area (Å²) in [4.78, 5) is 18.3. The van der Waals surface area contributed by atoms with Gasteiger partial charge in [-0.3, -0.25) is 14.9 Å². The Bertz CT molecular complexity index is 602. The number of piperidine rings is 1. The molecule has 1 amide bonds. The van der Waals surface area contributed by atoms with E-state index in [1.54, 1.807) is 24.5 Å². The van der Waals surface area contributed by atoms with Crippen LogP contribution in [0.5, 0.6) is 0 Å². The van der Waals surface area contributed by atoms with Crippen LogP contribution in [0.2, 0.25) is 0 Å². The largest absolute Gasteiger partial charge is 0.355 e. The molecule has 6 nitrogen and oxygen atoms in total. The molecule has 1 aliphatic heterocycles. The third-order valence-corrected chi connectivity index (χ3v) is 3.79. The third kappa shape index (κ3) is 3.21. The fourth-order valence-corrected chi connectivity index (χ4v) is 2.59. The van der Waals surface area contributed by atoms with Crippen molar-refractivity contribution in [1.82, 2.24) is 20.5 Å². The summed E-state index contributed by atoms with van der Waals surface area (Å²) in [6.45, 7) is 3.81. The van der Waals surface area contributed by atoms with Crippen molar-refractivity contribution in [2.45, 2.75) is 25.8 Å². The lowest BCUT2D eigenvalue weighted by Gasteiger charge is -2.32. The number of hydrogen-bond donors (Lipinski definition) is 2. The SMILES string of the molecule is Cc1cc(N2CCC(NC(=O)c3ccncc3)CC2)n[nH]1. The van der Waals surface area contributed by atoms with Crippen LogP contribution in [0.1, 0.15) is 28.9 Å². The van der Waals surface area contributed by atoms with Crippen LogP contribution in [0.15, 0.2) is 30.6 Å². The highest BCUT2D eigenvalue weighted by Gasteiger charge is 2.22. The molecule has 1 fully saturated rings. The van der Waals surface area contributed by atoms with Crippen LogP contribution in [-0.2, 0) is 0 Å². The van der Waals surface area contributed by atoms with Crippen molar-refractivity contribution in [3.8, 4) is 0 Å². The summed E-state index contributed by atoms with van der Waals surface area (Å²) in [5.41, 5.74) is 1.73. The maximum Gasteiger partial charge on any atom is 0.251 e. The van der Waals surface area contributed by atoms with Crippen LogP contribution >= 0.6 is 0 Å². The van der Waals surface area contributed by atoms with Gasteiger partial charge in [0, 0.05) is 48.8 Å². The fourth-order valence-electron chi connectivity index (χ4n) is 2.59. The summed E-state index contributed by atoms with van der Waals surface area (Å²) in [6, 6.07) is 5.74. The zero-order chi connectivity index (χ0) is 14.7. The summed E-state index contributed by atoms with van der Waals surface area (Å²) >= 11 is 0. The Morgan fingerprint density at radius 3 is 2.67 bits per heavy atom. The number of H-pyrrole nitrogens is 1. The molecule has 1 aliphatic rings. The van der Waals surface area contributed by atoms with E-state index in [-0.39, 0.29) is 11.9 Å². The molecular formula is C15H19N5O. The predicted octanol–water partition coefficient (Wildman–Crippen LogP) is 1.51. The first-order valence-corrected chi connectivity index (χ1v) is 7.20. The highest BCUT2D eigenvalue weighted by molar-refractivity contribution is 5.94. The monoisotopic (exact) mass is 285 g/mol. The standard InChI is InChI=1S/C15H19N5O/c1-11-10-14(19-18-11)20-8-4-13(5-9-20)17-15(21)12-2-6-16-7-3-12/h2-3,6-7,10,13H,4-5,8-9H2,1H3,(H,17,21)(H,18,19). The van der Waals surface area contributed by atoms with Crippen molar-refractivity contribution < 1.29 is 4.79 Å². The van der Waals surface area contributed by atoms with Gasteiger partial charge >= 0.3 is 0 Å². The third-order valence-electron chi connectivity index (χ3n) is 3.79. The average Bonchev–Trinajstić information content (AvgIpc) is 2.95. The Kier molecular flexibility index (Phi) is 3.85. The summed E-state index contributed by atoms with van der Waals surface area (Å²) < 4.78 is 0. The predicted molar refractivity (Wildman–Crippen MR) is 80.3 cm³/mol. The number of amides is 1. The van der Waals surface area contributed by atoms with E-state index in [9.17, 15) is 4.79 Å². The average molecular weight is 285 g/mol. The number of pyridine rings is 1. The number of aromatic nitrogens is 3. The smallest absolute Gasteiger partial charge is 0.251 e. The molecule has 3 heterocycles. The molecule has 6 heteroatoms. The van der Waals surface area contributed by atoms with Crippen molar-refractivity contribution in [1.29, 1.82) is 0 Å². The number of nitrogens with one attached hydrogen (secondary N) is 2. The first-order chi connectivity index (χ1) is 10.2. The second kappa shape index (κ2) is 5.95. The number of anilines is 1. The van der Waals surface area contributed by atoms with Gasteiger partial charge in [0.1, 0.15) is 0 Å². The normalized spacial score (nSPS) is 16.0. The molecule has 2 aromatic heterocycles. The van der Waals surface area contributed by atoms with E-state index >= 15 is 0 Å². The molecule has 1 saturated heterocycles. The topological polar surface area (TPSA) is 73.9 Å². The maximum atomic E-state index is 12.1. The first-order valence-electron chi connectivity index (χ1n) is 7.20. The summed E-state index contributed by atoms with van der Waals surface area (Å²) in [6.07, 6.45) is 5.14. The van der Waals surface area contributed by atoms with Crippen LogP contribution in [0.25, 0.3) is 0 Å². The molecule has 0 atom stereocenters. The summed E-state index contributed by atoms with van der Waals surface area (Å²) in [5, 5.41) is 10.3. The molecule has 0 spiro atoms. The summed E-state index contributed by atoms with van der Waals surface area (Å²) in [7, 11) is 0. The molecule has 0 aromatic carbocycles. The van der Waals surface area contributed by atoms with E-state index in [0.29, 0.717) is 5.56 Å². The van der Waals surface area contributed by atoms with Crippen LogP contribution in [0.4, 0.5) is 5.82 Å². The quantitative estimate of drug-likeness (QED) is 0.896. The first kappa shape index (κ1) is 13.6. The van der Waals surface area contributed by atoms with Gasteiger partial charge in [0.25, 0.3) is 5.91 Å². The Labute approximate surface area is 123 Å². The minimum Gasteiger partial charge on any atom is -0.355 e. The molecule has 0 aliphatic carbocycles. The maximum absolute atomic E-state index is 12.1. The van der Waals surface area contributed by atoms with Gasteiger partial charge in [-0.25, -0.2) is 0 Å². The molecule has 2 aromatic rings. The number of hydrogen-bond acceptors (Lipinski definition) is 4. The molecule has 0 radical (unpaired) electrons. The lowest BCUT2D eigenvalue weighted by Crippen LogP contribution is -2.44. The van der Waals surface area contributed by atoms with E-state index in [4.69, 9.17) is 0 Å². The molecule has 21 heavy (non-hydrogen) atoms. The number of carbonyl (C=O) groups excluding carboxylic acids is 1. The molecule has 0 saturated carbocycles. The lowest BCUT2D eigenvalue weighted by molar-refractivity contribution is 0.0931. The van der Waals surface area contributed by atoms with Crippen molar-refractivity contribution in [2.75, 3.05) is 18.0 Å². The fraction of sp³-hybridized carbons (Fsp3) is 0.400. The Hall–Kier alpha value is -2.37. The van der Waals surface area contributed by atoms with Crippen LogP contribution in [-0.4, -0.2) is 40.2 Å². The molecular weight excluding hydrogens is 266 g/mol. The molecule has 3 rings (SSSR count). The number of nitrogens with zero attached hydrogens (tertiary/aromatic N) is 3. The second-order valence-electron chi connectivity index (χ2n) is 5.38. The van der Waals surface area contributed by atoms with Gasteiger partial charge < -0.3 is 10.2 Å². The van der Waals surface area contributed by atoms with E-state index in [1.165, 1.54) is 0 Å². The molecule has 2 N–H and O–H groups in total. The second-order valence-corrected chi connectivity index (χ2v) is 5.38. The van der Waals surface area contributed by atoms with Gasteiger partial charge in [0.05, 0.1) is 0 Å². The molecule has 0 bridgehead atoms. The Morgan fingerprint density at radius 1 is 1.33 bits per heavy atom. The minimum absolute atomic E-state index is 0.0218. The van der Waals surface area contributed by atoms with Crippen LogP contribution in [0, 0.1) is 6.92 Å². The number of aromatic amines is 1. The van der Waals surface area contributed by atoms with E-state index in [1.807, 2.05) is 6.92 Å². The minimum atomic E-state index is -0.0218. The lowest BCUT2D eigenvalue weighted by atomic mass is 10.0. The van der Waals surface area contributed by atoms with Gasteiger partial charge in [0.15, 0.2) is 5.82 Å². The van der Waals surface area contributed by atoms with Gasteiger partial charge in [-0.1, -0.05) is 0 Å². The number of aryl methyl sites for hydroxylation is 1.